The van der Waals surface area contributed by atoms with E-state index in [1.54, 1.807) is 19.1 Å². The second-order valence-corrected chi connectivity index (χ2v) is 6.25. The molecule has 1 heterocycles. The van der Waals surface area contributed by atoms with Gasteiger partial charge in [0.25, 0.3) is 17.2 Å². The molecule has 0 atom stereocenters. The lowest BCUT2D eigenvalue weighted by molar-refractivity contribution is -0.384. The molecule has 3 rings (SSSR count). The SMILES string of the molecule is Cc1ccc(NC(=O)c2ccc(=O)n(Cc3cccc(F)c3)c2)c([N+](=O)[O-])c1. The van der Waals surface area contributed by atoms with Crippen molar-refractivity contribution in [2.45, 2.75) is 13.5 Å². The van der Waals surface area contributed by atoms with Crippen molar-refractivity contribution in [2.24, 2.45) is 0 Å². The van der Waals surface area contributed by atoms with Gasteiger partial charge in [0.2, 0.25) is 0 Å². The zero-order chi connectivity index (χ0) is 20.3. The lowest BCUT2D eigenvalue weighted by Gasteiger charge is -2.10. The lowest BCUT2D eigenvalue weighted by atomic mass is 10.1. The summed E-state index contributed by atoms with van der Waals surface area (Å²) in [6.45, 7) is 1.79. The molecule has 0 unspecified atom stereocenters. The van der Waals surface area contributed by atoms with Crippen molar-refractivity contribution < 1.29 is 14.1 Å². The molecule has 142 valence electrons. The average Bonchev–Trinajstić information content (AvgIpc) is 2.64. The van der Waals surface area contributed by atoms with Crippen molar-refractivity contribution in [1.29, 1.82) is 0 Å². The first-order chi connectivity index (χ1) is 13.3. The summed E-state index contributed by atoms with van der Waals surface area (Å²) in [7, 11) is 0. The maximum Gasteiger partial charge on any atom is 0.293 e. The summed E-state index contributed by atoms with van der Waals surface area (Å²) in [5.41, 5.74) is 0.875. The number of pyridine rings is 1. The Kier molecular flexibility index (Phi) is 5.30. The predicted octanol–water partition coefficient (Wildman–Crippen LogP) is 3.50. The van der Waals surface area contributed by atoms with Crippen LogP contribution in [0, 0.1) is 22.9 Å². The van der Waals surface area contributed by atoms with Gasteiger partial charge < -0.3 is 9.88 Å². The number of nitrogens with zero attached hydrogens (tertiary/aromatic N) is 2. The third kappa shape index (κ3) is 4.29. The van der Waals surface area contributed by atoms with Crippen LogP contribution in [0.1, 0.15) is 21.5 Å². The number of carbonyl (C=O) groups is 1. The van der Waals surface area contributed by atoms with E-state index in [9.17, 15) is 24.1 Å². The van der Waals surface area contributed by atoms with Crippen LogP contribution in [0.4, 0.5) is 15.8 Å². The molecule has 0 saturated heterocycles. The summed E-state index contributed by atoms with van der Waals surface area (Å²) >= 11 is 0. The van der Waals surface area contributed by atoms with Gasteiger partial charge in [-0.3, -0.25) is 19.7 Å². The molecule has 0 aliphatic heterocycles. The number of aromatic nitrogens is 1. The molecule has 0 fully saturated rings. The zero-order valence-corrected chi connectivity index (χ0v) is 14.9. The Labute approximate surface area is 159 Å². The first-order valence-corrected chi connectivity index (χ1v) is 8.35. The van der Waals surface area contributed by atoms with Gasteiger partial charge >= 0.3 is 0 Å². The van der Waals surface area contributed by atoms with Crippen molar-refractivity contribution in [3.63, 3.8) is 0 Å². The molecule has 2 aromatic carbocycles. The minimum Gasteiger partial charge on any atom is -0.316 e. The second-order valence-electron chi connectivity index (χ2n) is 6.25. The highest BCUT2D eigenvalue weighted by Crippen LogP contribution is 2.25. The monoisotopic (exact) mass is 381 g/mol. The number of nitro benzene ring substituents is 1. The van der Waals surface area contributed by atoms with E-state index < -0.39 is 16.6 Å². The molecule has 0 saturated carbocycles. The molecule has 1 amide bonds. The van der Waals surface area contributed by atoms with Gasteiger partial charge in [-0.15, -0.1) is 0 Å². The van der Waals surface area contributed by atoms with Crippen molar-refractivity contribution in [1.82, 2.24) is 4.57 Å². The molecule has 0 radical (unpaired) electrons. The maximum atomic E-state index is 13.3. The van der Waals surface area contributed by atoms with Gasteiger partial charge in [-0.25, -0.2) is 4.39 Å². The average molecular weight is 381 g/mol. The third-order valence-corrected chi connectivity index (χ3v) is 4.09. The number of rotatable bonds is 5. The number of hydrogen-bond donors (Lipinski definition) is 1. The van der Waals surface area contributed by atoms with Gasteiger partial charge in [0.05, 0.1) is 17.0 Å². The summed E-state index contributed by atoms with van der Waals surface area (Å²) in [4.78, 5) is 35.2. The third-order valence-electron chi connectivity index (χ3n) is 4.09. The minimum absolute atomic E-state index is 0.0588. The summed E-state index contributed by atoms with van der Waals surface area (Å²) in [6, 6.07) is 12.8. The Morgan fingerprint density at radius 3 is 2.68 bits per heavy atom. The van der Waals surface area contributed by atoms with Crippen molar-refractivity contribution in [3.8, 4) is 0 Å². The lowest BCUT2D eigenvalue weighted by Crippen LogP contribution is -2.22. The Hall–Kier alpha value is -3.81. The fraction of sp³-hybridized carbons (Fsp3) is 0.100. The van der Waals surface area contributed by atoms with Crippen LogP contribution in [0.5, 0.6) is 0 Å². The summed E-state index contributed by atoms with van der Waals surface area (Å²) < 4.78 is 14.6. The minimum atomic E-state index is -0.597. The van der Waals surface area contributed by atoms with E-state index in [-0.39, 0.29) is 29.0 Å². The van der Waals surface area contributed by atoms with Crippen molar-refractivity contribution in [2.75, 3.05) is 5.32 Å². The molecular formula is C20H16FN3O4. The predicted molar refractivity (Wildman–Crippen MR) is 102 cm³/mol. The van der Waals surface area contributed by atoms with Crippen LogP contribution in [0.15, 0.2) is 65.6 Å². The number of carbonyl (C=O) groups excluding carboxylic acids is 1. The van der Waals surface area contributed by atoms with Crippen LogP contribution >= 0.6 is 0 Å². The summed E-state index contributed by atoms with van der Waals surface area (Å²) in [5, 5.41) is 13.7. The highest BCUT2D eigenvalue weighted by atomic mass is 19.1. The van der Waals surface area contributed by atoms with E-state index in [1.807, 2.05) is 0 Å². The maximum absolute atomic E-state index is 13.3. The van der Waals surface area contributed by atoms with Gasteiger partial charge in [-0.05, 0) is 42.3 Å². The highest BCUT2D eigenvalue weighted by molar-refractivity contribution is 6.05. The number of benzene rings is 2. The molecular weight excluding hydrogens is 365 g/mol. The zero-order valence-electron chi connectivity index (χ0n) is 14.9. The molecule has 28 heavy (non-hydrogen) atoms. The van der Waals surface area contributed by atoms with E-state index >= 15 is 0 Å². The van der Waals surface area contributed by atoms with Crippen LogP contribution in [-0.2, 0) is 6.54 Å². The number of hydrogen-bond acceptors (Lipinski definition) is 4. The van der Waals surface area contributed by atoms with E-state index in [4.69, 9.17) is 0 Å². The van der Waals surface area contributed by atoms with Gasteiger partial charge in [0.1, 0.15) is 11.5 Å². The van der Waals surface area contributed by atoms with Gasteiger partial charge in [-0.1, -0.05) is 18.2 Å². The first-order valence-electron chi connectivity index (χ1n) is 8.35. The summed E-state index contributed by atoms with van der Waals surface area (Å²) in [6.07, 6.45) is 1.34. The fourth-order valence-corrected chi connectivity index (χ4v) is 2.71. The molecule has 7 nitrogen and oxygen atoms in total. The van der Waals surface area contributed by atoms with Crippen LogP contribution in [0.3, 0.4) is 0 Å². The Morgan fingerprint density at radius 1 is 1.18 bits per heavy atom. The Bertz CT molecular complexity index is 1120. The fourth-order valence-electron chi connectivity index (χ4n) is 2.71. The van der Waals surface area contributed by atoms with Crippen molar-refractivity contribution in [3.05, 3.63) is 104 Å². The number of amides is 1. The van der Waals surface area contributed by atoms with Crippen LogP contribution < -0.4 is 10.9 Å². The molecule has 0 aliphatic carbocycles. The number of nitrogens with one attached hydrogen (secondary N) is 1. The van der Waals surface area contributed by atoms with E-state index in [0.717, 1.165) is 0 Å². The van der Waals surface area contributed by atoms with E-state index in [1.165, 1.54) is 53.2 Å². The Balaban J connectivity index is 1.87. The first kappa shape index (κ1) is 19.0. The number of halogens is 1. The molecule has 3 aromatic rings. The van der Waals surface area contributed by atoms with E-state index in [0.29, 0.717) is 11.1 Å². The van der Waals surface area contributed by atoms with Crippen LogP contribution in [0.25, 0.3) is 0 Å². The van der Waals surface area contributed by atoms with Crippen LogP contribution in [-0.4, -0.2) is 15.4 Å². The van der Waals surface area contributed by atoms with Gasteiger partial charge in [0.15, 0.2) is 0 Å². The normalized spacial score (nSPS) is 10.5. The largest absolute Gasteiger partial charge is 0.316 e. The number of nitro groups is 1. The Morgan fingerprint density at radius 2 is 1.96 bits per heavy atom. The smallest absolute Gasteiger partial charge is 0.293 e. The molecule has 0 aliphatic rings. The van der Waals surface area contributed by atoms with Crippen LogP contribution in [0.2, 0.25) is 0 Å². The quantitative estimate of drug-likeness (QED) is 0.541. The second kappa shape index (κ2) is 7.83. The molecule has 0 bridgehead atoms. The number of aryl methyl sites for hydroxylation is 1. The van der Waals surface area contributed by atoms with E-state index in [2.05, 4.69) is 5.32 Å². The molecule has 8 heteroatoms. The highest BCUT2D eigenvalue weighted by Gasteiger charge is 2.17. The van der Waals surface area contributed by atoms with Gasteiger partial charge in [0, 0.05) is 18.3 Å². The van der Waals surface area contributed by atoms with Gasteiger partial charge in [-0.2, -0.15) is 0 Å². The standard InChI is InChI=1S/C20H16FN3O4/c1-13-5-7-17(18(9-13)24(27)28)22-20(26)15-6-8-19(25)23(12-15)11-14-3-2-4-16(21)10-14/h2-10,12H,11H2,1H3,(H,22,26). The van der Waals surface area contributed by atoms with Crippen molar-refractivity contribution >= 4 is 17.3 Å². The molecule has 1 aromatic heterocycles. The molecule has 1 N–H and O–H groups in total. The summed E-state index contributed by atoms with van der Waals surface area (Å²) in [5.74, 6) is -1.02. The topological polar surface area (TPSA) is 94.2 Å². The number of anilines is 1. The molecule has 0 spiro atoms.